The topological polar surface area (TPSA) is 0 Å². The van der Waals surface area contributed by atoms with Crippen LogP contribution in [0.3, 0.4) is 0 Å². The van der Waals surface area contributed by atoms with Gasteiger partial charge in [0.25, 0.3) is 0 Å². The van der Waals surface area contributed by atoms with Gasteiger partial charge in [0.05, 0.1) is 0 Å². The molecule has 9 saturated carbocycles. The van der Waals surface area contributed by atoms with Crippen LogP contribution < -0.4 is 0 Å². The van der Waals surface area contributed by atoms with Crippen molar-refractivity contribution in [1.82, 2.24) is 0 Å². The van der Waals surface area contributed by atoms with Crippen LogP contribution in [0.5, 0.6) is 0 Å². The van der Waals surface area contributed by atoms with Gasteiger partial charge in [0.15, 0.2) is 0 Å². The fraction of sp³-hybridized carbons (Fsp3) is 1.00. The van der Waals surface area contributed by atoms with Crippen molar-refractivity contribution in [2.24, 2.45) is 124 Å². The third-order valence-corrected chi connectivity index (χ3v) is 22.5. The van der Waals surface area contributed by atoms with E-state index in [4.69, 9.17) is 0 Å². The maximum Gasteiger partial charge on any atom is -0.0321 e. The van der Waals surface area contributed by atoms with Crippen LogP contribution in [-0.2, 0) is 0 Å². The summed E-state index contributed by atoms with van der Waals surface area (Å²) in [4.78, 5) is 0. The number of hydrogen-bond acceptors (Lipinski definition) is 0. The molecule has 0 N–H and O–H groups in total. The van der Waals surface area contributed by atoms with E-state index in [0.29, 0.717) is 0 Å². The highest BCUT2D eigenvalue weighted by Gasteiger charge is 2.56. The van der Waals surface area contributed by atoms with Gasteiger partial charge >= 0.3 is 0 Å². The Morgan fingerprint density at radius 2 is 0.947 bits per heavy atom. The summed E-state index contributed by atoms with van der Waals surface area (Å²) in [7, 11) is 0. The van der Waals surface area contributed by atoms with Crippen LogP contribution in [0.15, 0.2) is 0 Å². The van der Waals surface area contributed by atoms with Crippen LogP contribution in [0.1, 0.15) is 235 Å². The van der Waals surface area contributed by atoms with Crippen molar-refractivity contribution >= 4 is 0 Å². The van der Waals surface area contributed by atoms with Crippen molar-refractivity contribution < 1.29 is 0 Å². The first-order valence-corrected chi connectivity index (χ1v) is 27.4. The normalized spacial score (nSPS) is 48.8. The van der Waals surface area contributed by atoms with E-state index in [9.17, 15) is 0 Å². The summed E-state index contributed by atoms with van der Waals surface area (Å²) in [5, 5.41) is 0. The van der Waals surface area contributed by atoms with Gasteiger partial charge in [-0.25, -0.2) is 0 Å². The lowest BCUT2D eigenvalue weighted by atomic mass is 9.46. The summed E-state index contributed by atoms with van der Waals surface area (Å²) in [5.74, 6) is 22.4. The average molecular weight is 785 g/mol. The summed E-state index contributed by atoms with van der Waals surface area (Å²) in [6, 6.07) is 0. The summed E-state index contributed by atoms with van der Waals surface area (Å²) < 4.78 is 0. The smallest absolute Gasteiger partial charge is 0.0321 e. The van der Waals surface area contributed by atoms with Crippen molar-refractivity contribution in [3.8, 4) is 0 Å². The average Bonchev–Trinajstić information content (AvgIpc) is 3.58. The number of hydrogen-bond donors (Lipinski definition) is 0. The Balaban J connectivity index is 0.00000455. The van der Waals surface area contributed by atoms with Gasteiger partial charge in [-0.15, -0.1) is 0 Å². The lowest BCUT2D eigenvalue weighted by Gasteiger charge is -2.59. The molecule has 17 atom stereocenters. The quantitative estimate of drug-likeness (QED) is 0.207. The predicted octanol–water partition coefficient (Wildman–Crippen LogP) is 17.5. The highest BCUT2D eigenvalue weighted by molar-refractivity contribution is 5.05. The van der Waals surface area contributed by atoms with Gasteiger partial charge in [0.2, 0.25) is 0 Å². The highest BCUT2D eigenvalue weighted by Crippen LogP contribution is 2.64. The van der Waals surface area contributed by atoms with Gasteiger partial charge in [-0.05, 0) is 208 Å². The van der Waals surface area contributed by atoms with Crippen LogP contribution in [-0.4, -0.2) is 0 Å². The van der Waals surface area contributed by atoms with Gasteiger partial charge in [-0.1, -0.05) is 151 Å². The molecule has 328 valence electrons. The molecule has 0 heterocycles. The zero-order valence-corrected chi connectivity index (χ0v) is 38.3. The second-order valence-electron chi connectivity index (χ2n) is 24.5. The Morgan fingerprint density at radius 3 is 1.60 bits per heavy atom. The van der Waals surface area contributed by atoms with E-state index in [1.165, 1.54) is 57.8 Å². The second-order valence-corrected chi connectivity index (χ2v) is 24.5. The minimum atomic E-state index is 0. The first kappa shape index (κ1) is 43.6. The fourth-order valence-corrected chi connectivity index (χ4v) is 20.3. The molecule has 57 heavy (non-hydrogen) atoms. The zero-order valence-electron chi connectivity index (χ0n) is 38.3. The van der Waals surface area contributed by atoms with E-state index >= 15 is 0 Å². The Labute approximate surface area is 357 Å². The maximum atomic E-state index is 2.80. The minimum Gasteiger partial charge on any atom is -0.0776 e. The van der Waals surface area contributed by atoms with Gasteiger partial charge in [0, 0.05) is 0 Å². The summed E-state index contributed by atoms with van der Waals surface area (Å²) >= 11 is 0. The van der Waals surface area contributed by atoms with E-state index < -0.39 is 0 Å². The van der Waals surface area contributed by atoms with E-state index in [1.807, 2.05) is 0 Å². The van der Waals surface area contributed by atoms with E-state index in [-0.39, 0.29) is 7.43 Å². The largest absolute Gasteiger partial charge is 0.0776 e. The number of fused-ring (bicyclic) bond motifs is 6. The molecule has 0 bridgehead atoms. The third kappa shape index (κ3) is 8.70. The Kier molecular flexibility index (Phi) is 15.0. The van der Waals surface area contributed by atoms with E-state index in [0.717, 1.165) is 124 Å². The van der Waals surface area contributed by atoms with Gasteiger partial charge in [-0.3, -0.25) is 0 Å². The van der Waals surface area contributed by atoms with Crippen molar-refractivity contribution in [1.29, 1.82) is 0 Å². The molecule has 0 spiro atoms. The molecule has 0 amide bonds. The Hall–Kier alpha value is 0. The lowest BCUT2D eigenvalue weighted by Crippen LogP contribution is -2.51. The molecule has 0 saturated heterocycles. The monoisotopic (exact) mass is 785 g/mol. The molecule has 0 radical (unpaired) electrons. The molecule has 9 fully saturated rings. The van der Waals surface area contributed by atoms with Crippen molar-refractivity contribution in [3.05, 3.63) is 0 Å². The summed E-state index contributed by atoms with van der Waals surface area (Å²) in [5.41, 5.74) is 0. The first-order chi connectivity index (χ1) is 27.4. The third-order valence-electron chi connectivity index (χ3n) is 22.5. The molecule has 0 nitrogen and oxygen atoms in total. The molecule has 9 aliphatic rings. The molecule has 0 aromatic heterocycles. The van der Waals surface area contributed by atoms with E-state index in [2.05, 4.69) is 34.6 Å². The van der Waals surface area contributed by atoms with Crippen LogP contribution in [0.4, 0.5) is 0 Å². The highest BCUT2D eigenvalue weighted by atomic mass is 14.6. The van der Waals surface area contributed by atoms with Gasteiger partial charge < -0.3 is 0 Å². The predicted molar refractivity (Wildman–Crippen MR) is 247 cm³/mol. The molecular weight excluding hydrogens is 685 g/mol. The van der Waals surface area contributed by atoms with Crippen molar-refractivity contribution in [3.63, 3.8) is 0 Å². The standard InChI is InChI=1S/C56H96.CH4/c1-6-14-40(52-35-37(4)54-51(52)34-29-45-27-32-48(46(7-2)56(45)54)42-17-12-9-13-18-42)23-20-39-21-24-43(25-22-39)49-30-19-36(3)53-50(49)33-28-44-26-31-47(38(5)55(44)53)41-15-10-8-11-16-41;/h36-56H,6-35H2,1-5H3;1H4. The molecular formula is C57H100. The molecule has 0 heteroatoms. The molecule has 0 aliphatic heterocycles. The fourth-order valence-electron chi connectivity index (χ4n) is 20.3. The summed E-state index contributed by atoms with van der Waals surface area (Å²) in [6.45, 7) is 13.5. The van der Waals surface area contributed by atoms with Gasteiger partial charge in [-0.2, -0.15) is 0 Å². The van der Waals surface area contributed by atoms with Crippen LogP contribution in [0, 0.1) is 124 Å². The second kappa shape index (κ2) is 19.6. The molecule has 9 aliphatic carbocycles. The lowest BCUT2D eigenvalue weighted by molar-refractivity contribution is -0.0976. The SMILES string of the molecule is C.CCCC(CCC1CCC(C2CCC(C)C3C2CCC2CCC(C4CCCCC4)C(C)C23)CC1)C1CC(C)C2C1CCC1CCC(C3CCCCC3)C(CC)C12. The van der Waals surface area contributed by atoms with Crippen LogP contribution in [0.25, 0.3) is 0 Å². The Bertz CT molecular complexity index is 1200. The minimum absolute atomic E-state index is 0. The molecule has 9 rings (SSSR count). The van der Waals surface area contributed by atoms with Crippen LogP contribution in [0.2, 0.25) is 0 Å². The summed E-state index contributed by atoms with van der Waals surface area (Å²) in [6.07, 6.45) is 47.1. The molecule has 0 aromatic rings. The molecule has 17 unspecified atom stereocenters. The maximum absolute atomic E-state index is 2.80. The van der Waals surface area contributed by atoms with Crippen LogP contribution >= 0.6 is 0 Å². The Morgan fingerprint density at radius 1 is 0.421 bits per heavy atom. The molecule has 0 aromatic carbocycles. The van der Waals surface area contributed by atoms with Gasteiger partial charge in [0.1, 0.15) is 0 Å². The van der Waals surface area contributed by atoms with Crippen molar-refractivity contribution in [2.75, 3.05) is 0 Å². The number of rotatable bonds is 10. The van der Waals surface area contributed by atoms with Crippen molar-refractivity contribution in [2.45, 2.75) is 235 Å². The van der Waals surface area contributed by atoms with E-state index in [1.54, 1.807) is 135 Å². The zero-order chi connectivity index (χ0) is 38.3. The first-order valence-electron chi connectivity index (χ1n) is 27.4.